The van der Waals surface area contributed by atoms with Crippen LogP contribution in [-0.4, -0.2) is 31.3 Å². The van der Waals surface area contributed by atoms with Gasteiger partial charge in [0.15, 0.2) is 0 Å². The second kappa shape index (κ2) is 7.75. The molecule has 0 aliphatic heterocycles. The second-order valence-electron chi connectivity index (χ2n) is 5.08. The number of aliphatic carboxylic acids is 1. The fraction of sp³-hybridized carbons (Fsp3) is 0.533. The fourth-order valence-corrected chi connectivity index (χ4v) is 2.00. The summed E-state index contributed by atoms with van der Waals surface area (Å²) in [6, 6.07) is 4.91. The summed E-state index contributed by atoms with van der Waals surface area (Å²) in [4.78, 5) is 11.2. The molecule has 2 N–H and O–H groups in total. The lowest BCUT2D eigenvalue weighted by Gasteiger charge is -2.18. The van der Waals surface area contributed by atoms with Gasteiger partial charge in [0, 0.05) is 12.1 Å². The van der Waals surface area contributed by atoms with Crippen LogP contribution in [0.25, 0.3) is 0 Å². The molecule has 20 heavy (non-hydrogen) atoms. The summed E-state index contributed by atoms with van der Waals surface area (Å²) < 4.78 is 10.4. The van der Waals surface area contributed by atoms with Gasteiger partial charge in [0.25, 0.3) is 0 Å². The summed E-state index contributed by atoms with van der Waals surface area (Å²) in [5.41, 5.74) is 0.877. The van der Waals surface area contributed by atoms with Gasteiger partial charge in [-0.25, -0.2) is 0 Å². The molecule has 1 aromatic rings. The van der Waals surface area contributed by atoms with Crippen LogP contribution in [0.4, 0.5) is 0 Å². The van der Waals surface area contributed by atoms with Gasteiger partial charge in [-0.15, -0.1) is 0 Å². The maximum atomic E-state index is 11.2. The molecule has 0 aliphatic carbocycles. The first-order valence-electron chi connectivity index (χ1n) is 6.65. The molecule has 1 aromatic carbocycles. The van der Waals surface area contributed by atoms with E-state index >= 15 is 0 Å². The van der Waals surface area contributed by atoms with Crippen LogP contribution in [0.2, 0.25) is 0 Å². The minimum absolute atomic E-state index is 0.316. The molecular formula is C15H23NO4. The first-order valence-corrected chi connectivity index (χ1v) is 6.65. The molecule has 0 fully saturated rings. The molecule has 5 heteroatoms. The Morgan fingerprint density at radius 2 is 2.00 bits per heavy atom. The van der Waals surface area contributed by atoms with Crippen molar-refractivity contribution in [3.8, 4) is 11.5 Å². The normalized spacial score (nSPS) is 12.2. The smallest absolute Gasteiger partial charge is 0.320 e. The molecule has 5 nitrogen and oxygen atoms in total. The van der Waals surface area contributed by atoms with E-state index in [-0.39, 0.29) is 0 Å². The van der Waals surface area contributed by atoms with Crippen LogP contribution < -0.4 is 14.8 Å². The third-order valence-corrected chi connectivity index (χ3v) is 3.03. The van der Waals surface area contributed by atoms with Crippen LogP contribution in [0.15, 0.2) is 18.2 Å². The predicted octanol–water partition coefficient (Wildman–Crippen LogP) is 2.29. The van der Waals surface area contributed by atoms with Crippen molar-refractivity contribution in [2.75, 3.05) is 14.2 Å². The Labute approximate surface area is 119 Å². The van der Waals surface area contributed by atoms with Crippen LogP contribution in [-0.2, 0) is 11.3 Å². The summed E-state index contributed by atoms with van der Waals surface area (Å²) in [6.45, 7) is 4.43. The topological polar surface area (TPSA) is 67.8 Å². The number of hydrogen-bond acceptors (Lipinski definition) is 4. The van der Waals surface area contributed by atoms with E-state index in [2.05, 4.69) is 5.32 Å². The largest absolute Gasteiger partial charge is 0.497 e. The van der Waals surface area contributed by atoms with Crippen molar-refractivity contribution in [2.24, 2.45) is 5.92 Å². The number of carboxylic acids is 1. The molecule has 0 heterocycles. The van der Waals surface area contributed by atoms with E-state index in [9.17, 15) is 9.90 Å². The average Bonchev–Trinajstić information content (AvgIpc) is 2.42. The van der Waals surface area contributed by atoms with Gasteiger partial charge in [0.2, 0.25) is 0 Å². The van der Waals surface area contributed by atoms with Gasteiger partial charge in [-0.05, 0) is 30.5 Å². The lowest BCUT2D eigenvalue weighted by atomic mass is 10.0. The van der Waals surface area contributed by atoms with E-state index in [1.54, 1.807) is 14.2 Å². The molecule has 0 aromatic heterocycles. The SMILES string of the molecule is COc1ccc(OC)c(CN[C@@H](CC(C)C)C(=O)O)c1. The molecule has 0 saturated carbocycles. The summed E-state index contributed by atoms with van der Waals surface area (Å²) in [6.07, 6.45) is 0.585. The van der Waals surface area contributed by atoms with Crippen molar-refractivity contribution in [2.45, 2.75) is 32.9 Å². The molecule has 0 spiro atoms. The highest BCUT2D eigenvalue weighted by Gasteiger charge is 2.18. The third-order valence-electron chi connectivity index (χ3n) is 3.03. The van der Waals surface area contributed by atoms with Crippen molar-refractivity contribution >= 4 is 5.97 Å². The van der Waals surface area contributed by atoms with Crippen LogP contribution in [0, 0.1) is 5.92 Å². The zero-order valence-corrected chi connectivity index (χ0v) is 12.5. The Morgan fingerprint density at radius 3 is 2.50 bits per heavy atom. The van der Waals surface area contributed by atoms with Crippen molar-refractivity contribution in [3.63, 3.8) is 0 Å². The van der Waals surface area contributed by atoms with Crippen molar-refractivity contribution in [1.29, 1.82) is 0 Å². The van der Waals surface area contributed by atoms with Gasteiger partial charge < -0.3 is 19.9 Å². The van der Waals surface area contributed by atoms with Gasteiger partial charge >= 0.3 is 5.97 Å². The van der Waals surface area contributed by atoms with Crippen LogP contribution in [0.3, 0.4) is 0 Å². The number of carbonyl (C=O) groups is 1. The number of ether oxygens (including phenoxy) is 2. The van der Waals surface area contributed by atoms with Gasteiger partial charge in [-0.1, -0.05) is 13.8 Å². The van der Waals surface area contributed by atoms with Crippen molar-refractivity contribution < 1.29 is 19.4 Å². The molecule has 0 amide bonds. The van der Waals surface area contributed by atoms with Crippen LogP contribution >= 0.6 is 0 Å². The molecule has 0 radical (unpaired) electrons. The first-order chi connectivity index (χ1) is 9.47. The van der Waals surface area contributed by atoms with E-state index < -0.39 is 12.0 Å². The van der Waals surface area contributed by atoms with Gasteiger partial charge in [-0.3, -0.25) is 4.79 Å². The van der Waals surface area contributed by atoms with Crippen molar-refractivity contribution in [3.05, 3.63) is 23.8 Å². The molecule has 0 aliphatic rings. The maximum Gasteiger partial charge on any atom is 0.320 e. The van der Waals surface area contributed by atoms with E-state index in [4.69, 9.17) is 9.47 Å². The van der Waals surface area contributed by atoms with Gasteiger partial charge in [0.05, 0.1) is 14.2 Å². The van der Waals surface area contributed by atoms with E-state index in [1.165, 1.54) is 0 Å². The molecule has 112 valence electrons. The molecular weight excluding hydrogens is 258 g/mol. The Balaban J connectivity index is 2.78. The predicted molar refractivity (Wildman–Crippen MR) is 77.3 cm³/mol. The van der Waals surface area contributed by atoms with Crippen LogP contribution in [0.5, 0.6) is 11.5 Å². The molecule has 0 bridgehead atoms. The van der Waals surface area contributed by atoms with Gasteiger partial charge in [-0.2, -0.15) is 0 Å². The Hall–Kier alpha value is -1.75. The lowest BCUT2D eigenvalue weighted by Crippen LogP contribution is -2.37. The summed E-state index contributed by atoms with van der Waals surface area (Å²) in [7, 11) is 3.19. The average molecular weight is 281 g/mol. The number of carboxylic acid groups (broad SMARTS) is 1. The van der Waals surface area contributed by atoms with Gasteiger partial charge in [0.1, 0.15) is 17.5 Å². The quantitative estimate of drug-likeness (QED) is 0.765. The summed E-state index contributed by atoms with van der Waals surface area (Å²) >= 11 is 0. The highest BCUT2D eigenvalue weighted by molar-refractivity contribution is 5.73. The Bertz CT molecular complexity index is 445. The zero-order chi connectivity index (χ0) is 15.1. The minimum atomic E-state index is -0.833. The molecule has 1 rings (SSSR count). The highest BCUT2D eigenvalue weighted by atomic mass is 16.5. The van der Waals surface area contributed by atoms with Crippen molar-refractivity contribution in [1.82, 2.24) is 5.32 Å². The fourth-order valence-electron chi connectivity index (χ4n) is 2.00. The monoisotopic (exact) mass is 281 g/mol. The summed E-state index contributed by atoms with van der Waals surface area (Å²) in [5.74, 6) is 0.918. The second-order valence-corrected chi connectivity index (χ2v) is 5.08. The number of nitrogens with one attached hydrogen (secondary N) is 1. The zero-order valence-electron chi connectivity index (χ0n) is 12.5. The number of rotatable bonds is 8. The number of benzene rings is 1. The Morgan fingerprint density at radius 1 is 1.30 bits per heavy atom. The standard InChI is InChI=1S/C15H23NO4/c1-10(2)7-13(15(17)18)16-9-11-8-12(19-3)5-6-14(11)20-4/h5-6,8,10,13,16H,7,9H2,1-4H3,(H,17,18)/t13-/m0/s1. The number of hydrogen-bond donors (Lipinski definition) is 2. The lowest BCUT2D eigenvalue weighted by molar-refractivity contribution is -0.140. The minimum Gasteiger partial charge on any atom is -0.497 e. The Kier molecular flexibility index (Phi) is 6.31. The molecule has 0 saturated heterocycles. The maximum absolute atomic E-state index is 11.2. The third kappa shape index (κ3) is 4.74. The van der Waals surface area contributed by atoms with Crippen LogP contribution in [0.1, 0.15) is 25.8 Å². The first kappa shape index (κ1) is 16.3. The van der Waals surface area contributed by atoms with E-state index in [0.29, 0.717) is 24.6 Å². The summed E-state index contributed by atoms with van der Waals surface area (Å²) in [5, 5.41) is 12.3. The molecule has 1 atom stereocenters. The number of methoxy groups -OCH3 is 2. The van der Waals surface area contributed by atoms with E-state index in [0.717, 1.165) is 11.3 Å². The molecule has 0 unspecified atom stereocenters. The van der Waals surface area contributed by atoms with E-state index in [1.807, 2.05) is 32.0 Å². The highest BCUT2D eigenvalue weighted by Crippen LogP contribution is 2.24.